The van der Waals surface area contributed by atoms with Crippen molar-refractivity contribution in [2.45, 2.75) is 44.4 Å². The van der Waals surface area contributed by atoms with Gasteiger partial charge in [-0.05, 0) is 30.9 Å². The van der Waals surface area contributed by atoms with Crippen molar-refractivity contribution in [1.29, 1.82) is 0 Å². The van der Waals surface area contributed by atoms with E-state index < -0.39 is 5.43 Å². The largest absolute Gasteiger partial charge is 0.502 e. The molecule has 1 N–H and O–H groups in total. The monoisotopic (exact) mass is 330 g/mol. The Morgan fingerprint density at radius 3 is 2.71 bits per heavy atom. The summed E-state index contributed by atoms with van der Waals surface area (Å²) < 4.78 is 10.7. The molecule has 1 aliphatic rings. The van der Waals surface area contributed by atoms with Gasteiger partial charge in [0, 0.05) is 5.92 Å². The highest BCUT2D eigenvalue weighted by Gasteiger charge is 2.32. The molecule has 1 fully saturated rings. The van der Waals surface area contributed by atoms with Crippen LogP contribution in [0.3, 0.4) is 0 Å². The number of hydrogen-bond donors (Lipinski definition) is 1. The number of hydrogen-bond acceptors (Lipinski definition) is 5. The van der Waals surface area contributed by atoms with E-state index in [1.54, 1.807) is 24.3 Å². The number of carbonyl (C=O) groups is 1. The van der Waals surface area contributed by atoms with Crippen LogP contribution in [0.1, 0.15) is 50.2 Å². The number of fused-ring (bicyclic) bond motifs is 1. The van der Waals surface area contributed by atoms with Gasteiger partial charge in [0.25, 0.3) is 0 Å². The predicted molar refractivity (Wildman–Crippen MR) is 90.1 cm³/mol. The lowest BCUT2D eigenvalue weighted by Crippen LogP contribution is -2.21. The average molecular weight is 330 g/mol. The van der Waals surface area contributed by atoms with E-state index in [4.69, 9.17) is 9.15 Å². The molecule has 1 unspecified atom stereocenters. The third-order valence-corrected chi connectivity index (χ3v) is 4.97. The number of para-hydroxylation sites is 1. The summed E-state index contributed by atoms with van der Waals surface area (Å²) in [7, 11) is 1.34. The second kappa shape index (κ2) is 7.07. The zero-order valence-corrected chi connectivity index (χ0v) is 13.8. The van der Waals surface area contributed by atoms with E-state index in [1.165, 1.54) is 13.5 Å². The Bertz CT molecular complexity index is 786. The molecule has 24 heavy (non-hydrogen) atoms. The molecule has 1 aromatic carbocycles. The van der Waals surface area contributed by atoms with Crippen molar-refractivity contribution in [1.82, 2.24) is 0 Å². The van der Waals surface area contributed by atoms with Crippen LogP contribution in [-0.2, 0) is 9.53 Å². The molecule has 0 saturated heterocycles. The zero-order valence-electron chi connectivity index (χ0n) is 13.8. The highest BCUT2D eigenvalue weighted by Crippen LogP contribution is 2.41. The number of rotatable bonds is 4. The number of benzene rings is 1. The van der Waals surface area contributed by atoms with Gasteiger partial charge in [-0.25, -0.2) is 0 Å². The molecule has 3 rings (SSSR count). The second-order valence-corrected chi connectivity index (χ2v) is 6.43. The van der Waals surface area contributed by atoms with Crippen LogP contribution >= 0.6 is 0 Å². The van der Waals surface area contributed by atoms with E-state index in [1.807, 2.05) is 0 Å². The molecule has 5 heteroatoms. The molecule has 0 amide bonds. The first-order valence-electron chi connectivity index (χ1n) is 8.43. The number of carbonyl (C=O) groups excluding carboxylic acids is 1. The summed E-state index contributed by atoms with van der Waals surface area (Å²) in [5, 5.41) is 10.8. The first-order valence-corrected chi connectivity index (χ1v) is 8.43. The molecule has 5 nitrogen and oxygen atoms in total. The zero-order chi connectivity index (χ0) is 17.1. The van der Waals surface area contributed by atoms with Crippen molar-refractivity contribution >= 4 is 16.9 Å². The van der Waals surface area contributed by atoms with Crippen molar-refractivity contribution in [2.75, 3.05) is 7.11 Å². The molecule has 128 valence electrons. The van der Waals surface area contributed by atoms with Gasteiger partial charge in [0.1, 0.15) is 5.58 Å². The molecule has 2 aromatic rings. The molecule has 1 aliphatic carbocycles. The fourth-order valence-electron chi connectivity index (χ4n) is 3.67. The molecule has 0 bridgehead atoms. The number of aromatic hydroxyl groups is 1. The van der Waals surface area contributed by atoms with Crippen molar-refractivity contribution in [3.8, 4) is 5.75 Å². The lowest BCUT2D eigenvalue weighted by molar-refractivity contribution is -0.141. The summed E-state index contributed by atoms with van der Waals surface area (Å²) >= 11 is 0. The minimum atomic E-state index is -0.447. The summed E-state index contributed by atoms with van der Waals surface area (Å²) in [6.07, 6.45) is 5.36. The minimum absolute atomic E-state index is 0.107. The summed E-state index contributed by atoms with van der Waals surface area (Å²) in [6.45, 7) is 0. The number of esters is 1. The molecule has 0 radical (unpaired) electrons. The van der Waals surface area contributed by atoms with E-state index in [-0.39, 0.29) is 35.7 Å². The highest BCUT2D eigenvalue weighted by molar-refractivity contribution is 5.78. The molecular weight excluding hydrogens is 308 g/mol. The molecule has 1 heterocycles. The average Bonchev–Trinajstić information content (AvgIpc) is 2.63. The molecule has 1 aromatic heterocycles. The molecular formula is C19H22O5. The fraction of sp³-hybridized carbons (Fsp3) is 0.474. The van der Waals surface area contributed by atoms with Crippen LogP contribution in [0.25, 0.3) is 11.0 Å². The van der Waals surface area contributed by atoms with Crippen LogP contribution in [0.15, 0.2) is 33.5 Å². The number of methoxy groups -OCH3 is 1. The van der Waals surface area contributed by atoms with Crippen molar-refractivity contribution in [3.05, 3.63) is 40.2 Å². The summed E-state index contributed by atoms with van der Waals surface area (Å²) in [5.74, 6) is -0.659. The summed E-state index contributed by atoms with van der Waals surface area (Å²) in [6, 6.07) is 6.84. The van der Waals surface area contributed by atoms with Crippen LogP contribution < -0.4 is 5.43 Å². The Balaban J connectivity index is 2.09. The topological polar surface area (TPSA) is 76.7 Å². The van der Waals surface area contributed by atoms with Gasteiger partial charge in [-0.1, -0.05) is 31.4 Å². The SMILES string of the molecule is COC(=O)CC(c1oc2ccccc2c(=O)c1O)C1CCCCC1. The Labute approximate surface area is 140 Å². The van der Waals surface area contributed by atoms with Gasteiger partial charge in [0.2, 0.25) is 11.2 Å². The van der Waals surface area contributed by atoms with E-state index in [2.05, 4.69) is 0 Å². The molecule has 0 aliphatic heterocycles. The fourth-order valence-corrected chi connectivity index (χ4v) is 3.67. The Morgan fingerprint density at radius 1 is 1.29 bits per heavy atom. The Kier molecular flexibility index (Phi) is 4.88. The van der Waals surface area contributed by atoms with Gasteiger partial charge in [-0.2, -0.15) is 0 Å². The predicted octanol–water partition coefficient (Wildman–Crippen LogP) is 3.73. The summed E-state index contributed by atoms with van der Waals surface area (Å²) in [4.78, 5) is 24.3. The van der Waals surface area contributed by atoms with Crippen molar-refractivity contribution in [3.63, 3.8) is 0 Å². The van der Waals surface area contributed by atoms with Gasteiger partial charge in [0.05, 0.1) is 18.9 Å². The second-order valence-electron chi connectivity index (χ2n) is 6.43. The molecule has 0 spiro atoms. The van der Waals surface area contributed by atoms with E-state index in [9.17, 15) is 14.7 Å². The maximum absolute atomic E-state index is 12.5. The van der Waals surface area contributed by atoms with E-state index >= 15 is 0 Å². The van der Waals surface area contributed by atoms with Crippen LogP contribution in [0.2, 0.25) is 0 Å². The lowest BCUT2D eigenvalue weighted by Gasteiger charge is -2.29. The van der Waals surface area contributed by atoms with Gasteiger partial charge >= 0.3 is 5.97 Å². The Hall–Kier alpha value is -2.30. The highest BCUT2D eigenvalue weighted by atomic mass is 16.5. The Morgan fingerprint density at radius 2 is 2.00 bits per heavy atom. The van der Waals surface area contributed by atoms with Gasteiger partial charge in [0.15, 0.2) is 5.76 Å². The first kappa shape index (κ1) is 16.6. The van der Waals surface area contributed by atoms with Crippen molar-refractivity contribution < 1.29 is 19.1 Å². The van der Waals surface area contributed by atoms with Crippen LogP contribution in [-0.4, -0.2) is 18.2 Å². The van der Waals surface area contributed by atoms with E-state index in [0.717, 1.165) is 25.7 Å². The van der Waals surface area contributed by atoms with Crippen LogP contribution in [0.5, 0.6) is 5.75 Å². The van der Waals surface area contributed by atoms with Crippen molar-refractivity contribution in [2.24, 2.45) is 5.92 Å². The smallest absolute Gasteiger partial charge is 0.306 e. The third kappa shape index (κ3) is 3.16. The maximum Gasteiger partial charge on any atom is 0.306 e. The van der Waals surface area contributed by atoms with E-state index in [0.29, 0.717) is 11.0 Å². The van der Waals surface area contributed by atoms with Gasteiger partial charge in [-0.3, -0.25) is 9.59 Å². The number of ether oxygens (including phenoxy) is 1. The third-order valence-electron chi connectivity index (χ3n) is 4.97. The van der Waals surface area contributed by atoms with Crippen LogP contribution in [0, 0.1) is 5.92 Å². The molecule has 1 saturated carbocycles. The first-order chi connectivity index (χ1) is 11.6. The summed E-state index contributed by atoms with van der Waals surface area (Å²) in [5.41, 5.74) is -0.0153. The lowest BCUT2D eigenvalue weighted by atomic mass is 9.77. The van der Waals surface area contributed by atoms with Gasteiger partial charge < -0.3 is 14.3 Å². The molecule has 1 atom stereocenters. The maximum atomic E-state index is 12.5. The standard InChI is InChI=1S/C19H22O5/c1-23-16(20)11-14(12-7-3-2-4-8-12)19-18(22)17(21)13-9-5-6-10-15(13)24-19/h5-6,9-10,12,14,22H,2-4,7-8,11H2,1H3. The quantitative estimate of drug-likeness (QED) is 0.865. The normalized spacial score (nSPS) is 16.9. The van der Waals surface area contributed by atoms with Gasteiger partial charge in [-0.15, -0.1) is 0 Å². The minimum Gasteiger partial charge on any atom is -0.502 e. The van der Waals surface area contributed by atoms with Crippen LogP contribution in [0.4, 0.5) is 0 Å².